The van der Waals surface area contributed by atoms with E-state index in [1.165, 1.54) is 24.0 Å². The molecular formula is C25H21F3N4O. The fourth-order valence-corrected chi connectivity index (χ4v) is 3.42. The van der Waals surface area contributed by atoms with Gasteiger partial charge in [-0.2, -0.15) is 18.3 Å². The number of carbonyl (C=O) groups is 1. The third-order valence-corrected chi connectivity index (χ3v) is 5.31. The Balaban J connectivity index is 1.47. The molecule has 0 saturated carbocycles. The van der Waals surface area contributed by atoms with Gasteiger partial charge in [-0.1, -0.05) is 48.5 Å². The van der Waals surface area contributed by atoms with Crippen LogP contribution in [0.1, 0.15) is 11.1 Å². The molecule has 0 atom stereocenters. The Morgan fingerprint density at radius 1 is 0.939 bits per heavy atom. The summed E-state index contributed by atoms with van der Waals surface area (Å²) < 4.78 is 39.4. The molecule has 0 radical (unpaired) electrons. The van der Waals surface area contributed by atoms with E-state index in [0.717, 1.165) is 28.6 Å². The Morgan fingerprint density at radius 3 is 2.30 bits per heavy atom. The second-order valence-corrected chi connectivity index (χ2v) is 7.60. The zero-order valence-corrected chi connectivity index (χ0v) is 17.9. The summed E-state index contributed by atoms with van der Waals surface area (Å²) in [5, 5.41) is 9.88. The number of amides is 2. The number of aryl methyl sites for hydroxylation is 1. The monoisotopic (exact) mass is 450 g/mol. The molecule has 168 valence electrons. The van der Waals surface area contributed by atoms with Crippen LogP contribution in [-0.4, -0.2) is 23.3 Å². The van der Waals surface area contributed by atoms with Gasteiger partial charge in [-0.25, -0.2) is 4.79 Å². The van der Waals surface area contributed by atoms with E-state index in [1.54, 1.807) is 19.2 Å². The van der Waals surface area contributed by atoms with Crippen LogP contribution in [-0.2, 0) is 6.18 Å². The quantitative estimate of drug-likeness (QED) is 0.362. The summed E-state index contributed by atoms with van der Waals surface area (Å²) >= 11 is 0. The lowest BCUT2D eigenvalue weighted by Crippen LogP contribution is -2.31. The molecule has 0 unspecified atom stereocenters. The van der Waals surface area contributed by atoms with E-state index in [1.807, 2.05) is 48.5 Å². The Kier molecular flexibility index (Phi) is 5.91. The minimum absolute atomic E-state index is 0.0762. The van der Waals surface area contributed by atoms with Gasteiger partial charge in [-0.15, -0.1) is 0 Å². The SMILES string of the molecule is Cc1ccc(NC(=O)N(C)c2ccc(-c3cc(-c4ccccc4)n[nH]3)cc2)cc1C(F)(F)F. The predicted octanol–water partition coefficient (Wildman–Crippen LogP) is 6.74. The second-order valence-electron chi connectivity index (χ2n) is 7.60. The van der Waals surface area contributed by atoms with Crippen molar-refractivity contribution in [3.63, 3.8) is 0 Å². The number of nitrogens with one attached hydrogen (secondary N) is 2. The van der Waals surface area contributed by atoms with Gasteiger partial charge < -0.3 is 5.32 Å². The third kappa shape index (κ3) is 4.90. The highest BCUT2D eigenvalue weighted by Crippen LogP contribution is 2.33. The maximum absolute atomic E-state index is 13.1. The number of halogens is 3. The topological polar surface area (TPSA) is 61.0 Å². The van der Waals surface area contributed by atoms with Crippen molar-refractivity contribution in [1.29, 1.82) is 0 Å². The van der Waals surface area contributed by atoms with Crippen LogP contribution in [0.25, 0.3) is 22.5 Å². The van der Waals surface area contributed by atoms with Gasteiger partial charge >= 0.3 is 12.2 Å². The number of nitrogens with zero attached hydrogens (tertiary/aromatic N) is 2. The van der Waals surface area contributed by atoms with Gasteiger partial charge in [-0.3, -0.25) is 10.00 Å². The normalized spacial score (nSPS) is 11.3. The van der Waals surface area contributed by atoms with Crippen molar-refractivity contribution < 1.29 is 18.0 Å². The van der Waals surface area contributed by atoms with Crippen molar-refractivity contribution in [1.82, 2.24) is 10.2 Å². The van der Waals surface area contributed by atoms with Crippen molar-refractivity contribution in [3.05, 3.63) is 90.0 Å². The molecule has 0 aliphatic carbocycles. The third-order valence-electron chi connectivity index (χ3n) is 5.31. The number of urea groups is 1. The van der Waals surface area contributed by atoms with Crippen LogP contribution in [0.4, 0.5) is 29.3 Å². The van der Waals surface area contributed by atoms with Crippen molar-refractivity contribution in [2.45, 2.75) is 13.1 Å². The average Bonchev–Trinajstić information content (AvgIpc) is 3.30. The number of benzene rings is 3. The van der Waals surface area contributed by atoms with Gasteiger partial charge in [0.25, 0.3) is 0 Å². The molecule has 0 spiro atoms. The van der Waals surface area contributed by atoms with Crippen LogP contribution in [0.5, 0.6) is 0 Å². The van der Waals surface area contributed by atoms with Gasteiger partial charge in [0.15, 0.2) is 0 Å². The molecule has 4 aromatic rings. The molecule has 33 heavy (non-hydrogen) atoms. The van der Waals surface area contributed by atoms with Crippen LogP contribution >= 0.6 is 0 Å². The number of aromatic nitrogens is 2. The lowest BCUT2D eigenvalue weighted by atomic mass is 10.1. The van der Waals surface area contributed by atoms with E-state index in [-0.39, 0.29) is 11.3 Å². The summed E-state index contributed by atoms with van der Waals surface area (Å²) in [6.07, 6.45) is -4.49. The van der Waals surface area contributed by atoms with Crippen molar-refractivity contribution >= 4 is 17.4 Å². The molecule has 0 aliphatic heterocycles. The first-order valence-electron chi connectivity index (χ1n) is 10.2. The maximum atomic E-state index is 13.1. The van der Waals surface area contributed by atoms with Crippen LogP contribution in [0.2, 0.25) is 0 Å². The Morgan fingerprint density at radius 2 is 1.64 bits per heavy atom. The summed E-state index contributed by atoms with van der Waals surface area (Å²) in [5.74, 6) is 0. The Labute approximate surface area is 188 Å². The van der Waals surface area contributed by atoms with Gasteiger partial charge in [0, 0.05) is 24.0 Å². The zero-order valence-electron chi connectivity index (χ0n) is 17.9. The molecule has 2 N–H and O–H groups in total. The van der Waals surface area contributed by atoms with Crippen LogP contribution in [0.3, 0.4) is 0 Å². The molecule has 1 aromatic heterocycles. The smallest absolute Gasteiger partial charge is 0.308 e. The summed E-state index contributed by atoms with van der Waals surface area (Å²) in [4.78, 5) is 13.9. The van der Waals surface area contributed by atoms with Crippen molar-refractivity contribution in [2.24, 2.45) is 0 Å². The van der Waals surface area contributed by atoms with E-state index >= 15 is 0 Å². The minimum Gasteiger partial charge on any atom is -0.308 e. The first-order chi connectivity index (χ1) is 15.7. The summed E-state index contributed by atoms with van der Waals surface area (Å²) in [6, 6.07) is 22.1. The lowest BCUT2D eigenvalue weighted by molar-refractivity contribution is -0.138. The minimum atomic E-state index is -4.49. The van der Waals surface area contributed by atoms with E-state index in [0.29, 0.717) is 5.69 Å². The fraction of sp³-hybridized carbons (Fsp3) is 0.120. The molecule has 4 rings (SSSR count). The predicted molar refractivity (Wildman–Crippen MR) is 123 cm³/mol. The maximum Gasteiger partial charge on any atom is 0.416 e. The first kappa shape index (κ1) is 22.1. The fourth-order valence-electron chi connectivity index (χ4n) is 3.42. The Hall–Kier alpha value is -4.07. The van der Waals surface area contributed by atoms with Crippen LogP contribution < -0.4 is 10.2 Å². The van der Waals surface area contributed by atoms with Crippen LogP contribution in [0.15, 0.2) is 78.9 Å². The highest BCUT2D eigenvalue weighted by molar-refractivity contribution is 6.01. The molecule has 8 heteroatoms. The number of anilines is 2. The molecule has 3 aromatic carbocycles. The molecule has 0 aliphatic rings. The molecular weight excluding hydrogens is 429 g/mol. The average molecular weight is 450 g/mol. The molecule has 1 heterocycles. The second kappa shape index (κ2) is 8.82. The summed E-state index contributed by atoms with van der Waals surface area (Å²) in [6.45, 7) is 1.38. The summed E-state index contributed by atoms with van der Waals surface area (Å²) in [5.41, 5.74) is 3.51. The number of H-pyrrole nitrogens is 1. The number of aromatic amines is 1. The number of hydrogen-bond acceptors (Lipinski definition) is 2. The highest BCUT2D eigenvalue weighted by atomic mass is 19.4. The van der Waals surface area contributed by atoms with Crippen LogP contribution in [0, 0.1) is 6.92 Å². The van der Waals surface area contributed by atoms with E-state index < -0.39 is 17.8 Å². The number of hydrogen-bond donors (Lipinski definition) is 2. The molecule has 2 amide bonds. The number of carbonyl (C=O) groups excluding carboxylic acids is 1. The van der Waals surface area contributed by atoms with Crippen molar-refractivity contribution in [3.8, 4) is 22.5 Å². The molecule has 5 nitrogen and oxygen atoms in total. The Bertz CT molecular complexity index is 1270. The number of rotatable bonds is 4. The zero-order chi connectivity index (χ0) is 23.6. The number of alkyl halides is 3. The van der Waals surface area contributed by atoms with Crippen molar-refractivity contribution in [2.75, 3.05) is 17.3 Å². The largest absolute Gasteiger partial charge is 0.416 e. The van der Waals surface area contributed by atoms with E-state index in [2.05, 4.69) is 15.5 Å². The standard InChI is InChI=1S/C25H21F3N4O/c1-16-8-11-19(14-21(16)25(26,27)28)29-24(33)32(2)20-12-9-18(10-13-20)23-15-22(30-31-23)17-6-4-3-5-7-17/h3-15H,1-2H3,(H,29,33)(H,30,31). The lowest BCUT2D eigenvalue weighted by Gasteiger charge is -2.19. The van der Waals surface area contributed by atoms with E-state index in [9.17, 15) is 18.0 Å². The van der Waals surface area contributed by atoms with Gasteiger partial charge in [0.1, 0.15) is 0 Å². The van der Waals surface area contributed by atoms with E-state index in [4.69, 9.17) is 0 Å². The highest BCUT2D eigenvalue weighted by Gasteiger charge is 2.32. The molecule has 0 fully saturated rings. The first-order valence-corrected chi connectivity index (χ1v) is 10.2. The van der Waals surface area contributed by atoms with Gasteiger partial charge in [-0.05, 0) is 48.4 Å². The van der Waals surface area contributed by atoms with Gasteiger partial charge in [0.2, 0.25) is 0 Å². The molecule has 0 bridgehead atoms. The van der Waals surface area contributed by atoms with Gasteiger partial charge in [0.05, 0.1) is 17.0 Å². The summed E-state index contributed by atoms with van der Waals surface area (Å²) in [7, 11) is 1.55. The molecule has 0 saturated heterocycles.